The normalized spacial score (nSPS) is 10.3. The number of benzene rings is 1. The van der Waals surface area contributed by atoms with Gasteiger partial charge in [0.2, 0.25) is 0 Å². The predicted molar refractivity (Wildman–Crippen MR) is 50.1 cm³/mol. The second-order valence-electron chi connectivity index (χ2n) is 2.76. The monoisotopic (exact) mass is 190 g/mol. The number of aromatic nitrogens is 1. The second-order valence-corrected chi connectivity index (χ2v) is 2.76. The van der Waals surface area contributed by atoms with E-state index in [2.05, 4.69) is 4.98 Å². The van der Waals surface area contributed by atoms with E-state index in [0.29, 0.717) is 5.39 Å². The Morgan fingerprint density at radius 3 is 2.86 bits per heavy atom. The number of aromatic hydroxyl groups is 1. The van der Waals surface area contributed by atoms with Crippen molar-refractivity contribution in [2.24, 2.45) is 0 Å². The van der Waals surface area contributed by atoms with E-state index < -0.39 is 4.92 Å². The number of para-hydroxylation sites is 1. The van der Waals surface area contributed by atoms with Crippen LogP contribution in [0, 0.1) is 10.1 Å². The fraction of sp³-hybridized carbons (Fsp3) is 0. The van der Waals surface area contributed by atoms with Crippen LogP contribution in [0.5, 0.6) is 5.75 Å². The molecule has 14 heavy (non-hydrogen) atoms. The Balaban J connectivity index is 2.88. The van der Waals surface area contributed by atoms with E-state index in [1.165, 1.54) is 18.3 Å². The highest BCUT2D eigenvalue weighted by atomic mass is 16.6. The quantitative estimate of drug-likeness (QED) is 0.549. The zero-order valence-electron chi connectivity index (χ0n) is 7.04. The van der Waals surface area contributed by atoms with Crippen molar-refractivity contribution in [3.05, 3.63) is 40.6 Å². The first-order chi connectivity index (χ1) is 6.70. The number of pyridine rings is 1. The summed E-state index contributed by atoms with van der Waals surface area (Å²) in [5.41, 5.74) is 0.201. The van der Waals surface area contributed by atoms with Crippen LogP contribution in [0.1, 0.15) is 0 Å². The summed E-state index contributed by atoms with van der Waals surface area (Å²) >= 11 is 0. The molecule has 0 spiro atoms. The zero-order valence-corrected chi connectivity index (χ0v) is 7.04. The van der Waals surface area contributed by atoms with Crippen molar-refractivity contribution < 1.29 is 10.0 Å². The molecule has 1 aromatic heterocycles. The van der Waals surface area contributed by atoms with Crippen LogP contribution in [0.2, 0.25) is 0 Å². The van der Waals surface area contributed by atoms with Gasteiger partial charge < -0.3 is 5.11 Å². The molecule has 5 nitrogen and oxygen atoms in total. The lowest BCUT2D eigenvalue weighted by Crippen LogP contribution is -1.90. The van der Waals surface area contributed by atoms with Gasteiger partial charge in [0.15, 0.2) is 0 Å². The Labute approximate surface area is 78.8 Å². The van der Waals surface area contributed by atoms with Gasteiger partial charge in [0, 0.05) is 12.3 Å². The number of nitrogens with zero attached hydrogens (tertiary/aromatic N) is 2. The number of fused-ring (bicyclic) bond motifs is 1. The molecule has 0 amide bonds. The summed E-state index contributed by atoms with van der Waals surface area (Å²) < 4.78 is 0. The van der Waals surface area contributed by atoms with Gasteiger partial charge in [-0.3, -0.25) is 15.1 Å². The lowest BCUT2D eigenvalue weighted by atomic mass is 10.2. The molecule has 0 saturated heterocycles. The van der Waals surface area contributed by atoms with E-state index in [9.17, 15) is 15.2 Å². The minimum absolute atomic E-state index is 0.0498. The first-order valence-corrected chi connectivity index (χ1v) is 3.91. The molecule has 0 saturated carbocycles. The number of rotatable bonds is 1. The molecule has 1 aromatic carbocycles. The van der Waals surface area contributed by atoms with E-state index in [1.54, 1.807) is 12.1 Å². The Morgan fingerprint density at radius 1 is 1.36 bits per heavy atom. The highest BCUT2D eigenvalue weighted by molar-refractivity contribution is 5.91. The van der Waals surface area contributed by atoms with E-state index in [1.807, 2.05) is 0 Å². The van der Waals surface area contributed by atoms with Crippen molar-refractivity contribution in [1.82, 2.24) is 4.98 Å². The molecule has 0 radical (unpaired) electrons. The van der Waals surface area contributed by atoms with Gasteiger partial charge >= 0.3 is 0 Å². The summed E-state index contributed by atoms with van der Waals surface area (Å²) in [5, 5.41) is 20.4. The van der Waals surface area contributed by atoms with Gasteiger partial charge in [-0.2, -0.15) is 0 Å². The number of nitro groups is 1. The van der Waals surface area contributed by atoms with Crippen molar-refractivity contribution >= 4 is 16.6 Å². The van der Waals surface area contributed by atoms with Crippen LogP contribution in [0.15, 0.2) is 30.5 Å². The van der Waals surface area contributed by atoms with E-state index >= 15 is 0 Å². The maximum absolute atomic E-state index is 10.6. The molecule has 0 bridgehead atoms. The van der Waals surface area contributed by atoms with Gasteiger partial charge in [-0.05, 0) is 12.1 Å². The maximum Gasteiger partial charge on any atom is 0.280 e. The third-order valence-corrected chi connectivity index (χ3v) is 1.92. The molecule has 0 unspecified atom stereocenters. The van der Waals surface area contributed by atoms with Crippen molar-refractivity contribution in [3.63, 3.8) is 0 Å². The molecule has 2 aromatic rings. The van der Waals surface area contributed by atoms with Crippen molar-refractivity contribution in [1.29, 1.82) is 0 Å². The Morgan fingerprint density at radius 2 is 2.14 bits per heavy atom. The summed E-state index contributed by atoms with van der Waals surface area (Å²) in [6.07, 6.45) is 1.31. The van der Waals surface area contributed by atoms with Crippen molar-refractivity contribution in [2.75, 3.05) is 0 Å². The van der Waals surface area contributed by atoms with Crippen LogP contribution >= 0.6 is 0 Å². The zero-order chi connectivity index (χ0) is 10.1. The molecule has 1 N–H and O–H groups in total. The van der Waals surface area contributed by atoms with Gasteiger partial charge in [0.05, 0.1) is 10.3 Å². The number of phenols is 1. The molecule has 0 aliphatic carbocycles. The smallest absolute Gasteiger partial charge is 0.280 e. The maximum atomic E-state index is 10.6. The molecular weight excluding hydrogens is 184 g/mol. The average Bonchev–Trinajstić information content (AvgIpc) is 2.17. The number of phenolic OH excluding ortho intramolecular Hbond substituents is 1. The van der Waals surface area contributed by atoms with Gasteiger partial charge in [0.25, 0.3) is 5.69 Å². The van der Waals surface area contributed by atoms with Gasteiger partial charge in [-0.25, -0.2) is 0 Å². The van der Waals surface area contributed by atoms with Gasteiger partial charge in [0.1, 0.15) is 11.3 Å². The van der Waals surface area contributed by atoms with Crippen molar-refractivity contribution in [3.8, 4) is 5.75 Å². The minimum atomic E-state index is -0.497. The summed E-state index contributed by atoms with van der Waals surface area (Å²) in [4.78, 5) is 14.0. The van der Waals surface area contributed by atoms with Crippen LogP contribution in [0.3, 0.4) is 0 Å². The minimum Gasteiger partial charge on any atom is -0.506 e. The molecular formula is C9H6N2O3. The largest absolute Gasteiger partial charge is 0.506 e. The summed E-state index contributed by atoms with van der Waals surface area (Å²) in [7, 11) is 0. The van der Waals surface area contributed by atoms with E-state index in [0.717, 1.165) is 0 Å². The Hall–Kier alpha value is -2.17. The average molecular weight is 190 g/mol. The molecule has 0 aliphatic heterocycles. The highest BCUT2D eigenvalue weighted by Gasteiger charge is 2.13. The fourth-order valence-electron chi connectivity index (χ4n) is 1.31. The summed E-state index contributed by atoms with van der Waals surface area (Å²) in [6.45, 7) is 0. The lowest BCUT2D eigenvalue weighted by molar-refractivity contribution is -0.383. The topological polar surface area (TPSA) is 76.3 Å². The summed E-state index contributed by atoms with van der Waals surface area (Å²) in [6, 6.07) is 5.85. The number of hydrogen-bond donors (Lipinski definition) is 1. The second kappa shape index (κ2) is 2.95. The Bertz CT molecular complexity index is 510. The van der Waals surface area contributed by atoms with E-state index in [-0.39, 0.29) is 17.0 Å². The molecule has 1 heterocycles. The van der Waals surface area contributed by atoms with Crippen LogP contribution in [0.25, 0.3) is 10.9 Å². The molecule has 70 valence electrons. The number of hydrogen-bond acceptors (Lipinski definition) is 4. The molecule has 0 aliphatic rings. The molecule has 0 fully saturated rings. The van der Waals surface area contributed by atoms with Crippen LogP contribution in [-0.2, 0) is 0 Å². The predicted octanol–water partition coefficient (Wildman–Crippen LogP) is 1.85. The SMILES string of the molecule is O=[N+]([O-])c1ccnc2c(O)cccc12. The molecule has 0 atom stereocenters. The Kier molecular flexibility index (Phi) is 1.78. The first kappa shape index (κ1) is 8.43. The standard InChI is InChI=1S/C9H6N2O3/c12-8-3-1-2-6-7(11(13)14)4-5-10-9(6)8/h1-5,12H. The van der Waals surface area contributed by atoms with Gasteiger partial charge in [-0.15, -0.1) is 0 Å². The molecule has 5 heteroatoms. The lowest BCUT2D eigenvalue weighted by Gasteiger charge is -1.99. The van der Waals surface area contributed by atoms with Gasteiger partial charge in [-0.1, -0.05) is 6.07 Å². The third-order valence-electron chi connectivity index (χ3n) is 1.92. The third kappa shape index (κ3) is 1.15. The first-order valence-electron chi connectivity index (χ1n) is 3.91. The summed E-state index contributed by atoms with van der Waals surface area (Å²) in [5.74, 6) is -0.0498. The fourth-order valence-corrected chi connectivity index (χ4v) is 1.31. The highest BCUT2D eigenvalue weighted by Crippen LogP contribution is 2.28. The molecule has 2 rings (SSSR count). The van der Waals surface area contributed by atoms with Crippen LogP contribution in [0.4, 0.5) is 5.69 Å². The van der Waals surface area contributed by atoms with Crippen molar-refractivity contribution in [2.45, 2.75) is 0 Å². The van der Waals surface area contributed by atoms with Crippen LogP contribution < -0.4 is 0 Å². The van der Waals surface area contributed by atoms with Crippen LogP contribution in [-0.4, -0.2) is 15.0 Å². The van der Waals surface area contributed by atoms with E-state index in [4.69, 9.17) is 0 Å².